The number of ether oxygens (including phenoxy) is 4. The van der Waals surface area contributed by atoms with Gasteiger partial charge in [-0.2, -0.15) is 0 Å². The van der Waals surface area contributed by atoms with Crippen LogP contribution < -0.4 is 5.32 Å². The molecule has 14 nitrogen and oxygen atoms in total. The molecule has 412 valence electrons. The van der Waals surface area contributed by atoms with E-state index in [0.29, 0.717) is 12.8 Å². The van der Waals surface area contributed by atoms with E-state index >= 15 is 0 Å². The van der Waals surface area contributed by atoms with Crippen molar-refractivity contribution in [1.82, 2.24) is 5.32 Å². The number of allylic oxidation sites excluding steroid dienone is 3. The molecule has 0 saturated carbocycles. The Balaban J connectivity index is 1.80. The van der Waals surface area contributed by atoms with Crippen molar-refractivity contribution >= 4 is 5.91 Å². The third kappa shape index (κ3) is 28.8. The maximum Gasteiger partial charge on any atom is 0.220 e. The first-order valence-electron chi connectivity index (χ1n) is 28.6. The minimum Gasteiger partial charge on any atom is -0.394 e. The zero-order chi connectivity index (χ0) is 51.0. The Morgan fingerprint density at radius 1 is 0.500 bits per heavy atom. The van der Waals surface area contributed by atoms with Crippen LogP contribution in [0.3, 0.4) is 0 Å². The zero-order valence-corrected chi connectivity index (χ0v) is 44.0. The van der Waals surface area contributed by atoms with Gasteiger partial charge in [0.05, 0.1) is 32.0 Å². The van der Waals surface area contributed by atoms with Crippen molar-refractivity contribution in [2.75, 3.05) is 19.8 Å². The molecular formula is C56H105NO13. The first-order valence-corrected chi connectivity index (χ1v) is 28.6. The molecule has 2 aliphatic rings. The van der Waals surface area contributed by atoms with E-state index < -0.39 is 86.8 Å². The Bertz CT molecular complexity index is 1270. The molecule has 14 heteroatoms. The number of amides is 1. The Kier molecular flexibility index (Phi) is 39.5. The molecule has 2 heterocycles. The Morgan fingerprint density at radius 3 is 1.40 bits per heavy atom. The molecule has 9 N–H and O–H groups in total. The van der Waals surface area contributed by atoms with Gasteiger partial charge in [-0.1, -0.05) is 218 Å². The third-order valence-corrected chi connectivity index (χ3v) is 14.1. The largest absolute Gasteiger partial charge is 0.394 e. The summed E-state index contributed by atoms with van der Waals surface area (Å²) in [7, 11) is 0. The molecule has 0 aromatic rings. The highest BCUT2D eigenvalue weighted by Gasteiger charge is 2.51. The van der Waals surface area contributed by atoms with E-state index in [1.807, 2.05) is 6.08 Å². The highest BCUT2D eigenvalue weighted by atomic mass is 16.7. The molecule has 12 atom stereocenters. The summed E-state index contributed by atoms with van der Waals surface area (Å²) in [4.78, 5) is 13.2. The van der Waals surface area contributed by atoms with E-state index in [2.05, 4.69) is 31.3 Å². The number of unbranched alkanes of at least 4 members (excludes halogenated alkanes) is 30. The van der Waals surface area contributed by atoms with Gasteiger partial charge in [0.15, 0.2) is 12.6 Å². The smallest absolute Gasteiger partial charge is 0.220 e. The number of aliphatic hydroxyl groups excluding tert-OH is 8. The van der Waals surface area contributed by atoms with Crippen molar-refractivity contribution < 1.29 is 64.6 Å². The van der Waals surface area contributed by atoms with Gasteiger partial charge in [-0.05, 0) is 32.1 Å². The van der Waals surface area contributed by atoms with Gasteiger partial charge in [0, 0.05) is 6.42 Å². The molecule has 0 bridgehead atoms. The second-order valence-electron chi connectivity index (χ2n) is 20.4. The van der Waals surface area contributed by atoms with Crippen molar-refractivity contribution in [1.29, 1.82) is 0 Å². The van der Waals surface area contributed by atoms with E-state index in [4.69, 9.17) is 18.9 Å². The van der Waals surface area contributed by atoms with Crippen LogP contribution in [0.2, 0.25) is 0 Å². The van der Waals surface area contributed by atoms with Gasteiger partial charge < -0.3 is 65.1 Å². The van der Waals surface area contributed by atoms with Crippen LogP contribution in [-0.4, -0.2) is 140 Å². The molecule has 2 aliphatic heterocycles. The molecule has 2 saturated heterocycles. The van der Waals surface area contributed by atoms with E-state index in [0.717, 1.165) is 32.1 Å². The minimum absolute atomic E-state index is 0.246. The summed E-state index contributed by atoms with van der Waals surface area (Å²) in [6.07, 6.45) is 32.2. The number of hydrogen-bond donors (Lipinski definition) is 9. The maximum atomic E-state index is 13.2. The number of nitrogens with one attached hydrogen (secondary N) is 1. The Hall–Kier alpha value is -1.53. The third-order valence-electron chi connectivity index (χ3n) is 14.1. The van der Waals surface area contributed by atoms with Gasteiger partial charge in [-0.25, -0.2) is 0 Å². The Morgan fingerprint density at radius 2 is 0.914 bits per heavy atom. The van der Waals surface area contributed by atoms with Crippen LogP contribution in [0.5, 0.6) is 0 Å². The number of aliphatic hydroxyl groups is 8. The van der Waals surface area contributed by atoms with Gasteiger partial charge in [0.1, 0.15) is 48.8 Å². The lowest BCUT2D eigenvalue weighted by molar-refractivity contribution is -0.359. The highest BCUT2D eigenvalue weighted by molar-refractivity contribution is 5.76. The molecule has 0 spiro atoms. The summed E-state index contributed by atoms with van der Waals surface area (Å²) >= 11 is 0. The number of carbonyl (C=O) groups excluding carboxylic acids is 1. The van der Waals surface area contributed by atoms with Crippen LogP contribution >= 0.6 is 0 Å². The predicted octanol–water partition coefficient (Wildman–Crippen LogP) is 8.89. The number of rotatable bonds is 45. The van der Waals surface area contributed by atoms with Gasteiger partial charge in [-0.15, -0.1) is 0 Å². The minimum atomic E-state index is -1.79. The lowest BCUT2D eigenvalue weighted by Gasteiger charge is -2.46. The second kappa shape index (κ2) is 42.8. The summed E-state index contributed by atoms with van der Waals surface area (Å²) in [5, 5.41) is 86.9. The fourth-order valence-corrected chi connectivity index (χ4v) is 9.48. The van der Waals surface area contributed by atoms with Crippen LogP contribution in [0.25, 0.3) is 0 Å². The fourth-order valence-electron chi connectivity index (χ4n) is 9.48. The van der Waals surface area contributed by atoms with Crippen LogP contribution in [-0.2, 0) is 23.7 Å². The summed E-state index contributed by atoms with van der Waals surface area (Å²) in [6, 6.07) is -0.927. The van der Waals surface area contributed by atoms with Crippen molar-refractivity contribution in [3.8, 4) is 0 Å². The van der Waals surface area contributed by atoms with Gasteiger partial charge >= 0.3 is 0 Å². The van der Waals surface area contributed by atoms with Crippen LogP contribution in [0, 0.1) is 0 Å². The number of carbonyl (C=O) groups is 1. The maximum absolute atomic E-state index is 13.2. The van der Waals surface area contributed by atoms with Crippen LogP contribution in [0.15, 0.2) is 24.3 Å². The van der Waals surface area contributed by atoms with E-state index in [1.54, 1.807) is 6.08 Å². The molecule has 2 rings (SSSR count). The molecule has 0 radical (unpaired) electrons. The summed E-state index contributed by atoms with van der Waals surface area (Å²) < 4.78 is 22.7. The standard InChI is InChI=1S/C56H105NO13/c1-3-5-7-9-11-13-15-17-19-21-22-23-24-26-28-30-32-34-36-38-40-48(61)57-44(45(60)39-37-35-33-31-29-27-25-20-18-16-14-12-10-8-6-4-2)43-67-55-53(66)51(64)54(47(42-59)69-55)70-56-52(65)50(63)49(62)46(41-58)68-56/h29,31,37,39,44-47,49-56,58-60,62-66H,3-28,30,32-36,38,40-43H2,1-2H3,(H,57,61)/b31-29+,39-37+. The summed E-state index contributed by atoms with van der Waals surface area (Å²) in [6.45, 7) is 2.79. The molecule has 2 fully saturated rings. The molecule has 12 unspecified atom stereocenters. The van der Waals surface area contributed by atoms with Gasteiger partial charge in [-0.3, -0.25) is 4.79 Å². The summed E-state index contributed by atoms with van der Waals surface area (Å²) in [5.41, 5.74) is 0. The average Bonchev–Trinajstić information content (AvgIpc) is 3.36. The van der Waals surface area contributed by atoms with E-state index in [9.17, 15) is 45.6 Å². The Labute approximate surface area is 424 Å². The van der Waals surface area contributed by atoms with Crippen LogP contribution in [0.4, 0.5) is 0 Å². The molecule has 70 heavy (non-hydrogen) atoms. The lowest BCUT2D eigenvalue weighted by Crippen LogP contribution is -2.65. The van der Waals surface area contributed by atoms with E-state index in [1.165, 1.54) is 167 Å². The lowest BCUT2D eigenvalue weighted by atomic mass is 9.97. The van der Waals surface area contributed by atoms with Crippen molar-refractivity contribution in [2.24, 2.45) is 0 Å². The van der Waals surface area contributed by atoms with Crippen molar-refractivity contribution in [2.45, 2.75) is 306 Å². The van der Waals surface area contributed by atoms with E-state index in [-0.39, 0.29) is 18.9 Å². The average molecular weight is 1000 g/mol. The zero-order valence-electron chi connectivity index (χ0n) is 44.0. The first-order chi connectivity index (χ1) is 34.1. The molecule has 0 aliphatic carbocycles. The second-order valence-corrected chi connectivity index (χ2v) is 20.4. The quantitative estimate of drug-likeness (QED) is 0.0205. The fraction of sp³-hybridized carbons (Fsp3) is 0.911. The number of hydrogen-bond acceptors (Lipinski definition) is 13. The molecule has 1 amide bonds. The molecule has 0 aromatic carbocycles. The highest BCUT2D eigenvalue weighted by Crippen LogP contribution is 2.30. The molecule has 0 aromatic heterocycles. The SMILES string of the molecule is CCCCCCCCCCCC/C=C/CC/C=C/C(O)C(COC1OC(CO)C(OC2OC(CO)C(O)C(O)C2O)C(O)C1O)NC(=O)CCCCCCCCCCCCCCCCCCCCCC. The monoisotopic (exact) mass is 1000 g/mol. The van der Waals surface area contributed by atoms with Crippen molar-refractivity contribution in [3.63, 3.8) is 0 Å². The van der Waals surface area contributed by atoms with Gasteiger partial charge in [0.2, 0.25) is 5.91 Å². The van der Waals surface area contributed by atoms with Crippen LogP contribution in [0.1, 0.15) is 232 Å². The first kappa shape index (κ1) is 64.6. The normalized spacial score (nSPS) is 26.1. The topological polar surface area (TPSA) is 228 Å². The summed E-state index contributed by atoms with van der Waals surface area (Å²) in [5.74, 6) is -0.246. The van der Waals surface area contributed by atoms with Crippen molar-refractivity contribution in [3.05, 3.63) is 24.3 Å². The predicted molar refractivity (Wildman–Crippen MR) is 277 cm³/mol. The van der Waals surface area contributed by atoms with Gasteiger partial charge in [0.25, 0.3) is 0 Å². The molecular weight excluding hydrogens is 895 g/mol.